The smallest absolute Gasteiger partial charge is 0.388 e. The third-order valence-corrected chi connectivity index (χ3v) is 4.88. The average molecular weight is 399 g/mol. The lowest BCUT2D eigenvalue weighted by molar-refractivity contribution is -0.0528. The van der Waals surface area contributed by atoms with Crippen LogP contribution in [0.5, 0.6) is 17.4 Å². The van der Waals surface area contributed by atoms with Gasteiger partial charge >= 0.3 is 6.61 Å². The van der Waals surface area contributed by atoms with E-state index in [0.29, 0.717) is 6.54 Å². The van der Waals surface area contributed by atoms with Gasteiger partial charge in [-0.15, -0.1) is 0 Å². The second kappa shape index (κ2) is 8.71. The molecular weight excluding hydrogens is 378 g/mol. The normalized spacial score (nSPS) is 17.3. The molecule has 27 heavy (non-hydrogen) atoms. The van der Waals surface area contributed by atoms with Gasteiger partial charge in [0.05, 0.1) is 19.8 Å². The number of likely N-dealkylation sites (tertiary alicyclic amines) is 1. The van der Waals surface area contributed by atoms with Gasteiger partial charge in [0.15, 0.2) is 0 Å². The van der Waals surface area contributed by atoms with E-state index < -0.39 is 6.61 Å². The van der Waals surface area contributed by atoms with Gasteiger partial charge in [0.2, 0.25) is 5.88 Å². The number of aromatic nitrogens is 1. The molecule has 0 spiro atoms. The quantitative estimate of drug-likeness (QED) is 0.677. The summed E-state index contributed by atoms with van der Waals surface area (Å²) in [5.41, 5.74) is 1.83. The lowest BCUT2D eigenvalue weighted by Gasteiger charge is -2.27. The van der Waals surface area contributed by atoms with Crippen molar-refractivity contribution in [1.82, 2.24) is 9.88 Å². The van der Waals surface area contributed by atoms with E-state index in [2.05, 4.69) is 14.6 Å². The standard InChI is InChI=1S/C19H21ClF2N2O3/c1-25-15-6-3-7-16(26-2)17(15)14-5-4-8-24(14)11-12-9-13(20)18(23-10-12)27-19(21)22/h3,6-7,9-10,14,19H,4-5,8,11H2,1-2H3. The van der Waals surface area contributed by atoms with Crippen molar-refractivity contribution in [1.29, 1.82) is 0 Å². The van der Waals surface area contributed by atoms with Crippen LogP contribution in [0.2, 0.25) is 5.02 Å². The molecule has 1 aliphatic rings. The van der Waals surface area contributed by atoms with Crippen LogP contribution in [0.25, 0.3) is 0 Å². The van der Waals surface area contributed by atoms with Gasteiger partial charge in [-0.25, -0.2) is 4.98 Å². The highest BCUT2D eigenvalue weighted by atomic mass is 35.5. The Kier molecular flexibility index (Phi) is 6.34. The largest absolute Gasteiger partial charge is 0.496 e. The molecule has 0 bridgehead atoms. The van der Waals surface area contributed by atoms with Gasteiger partial charge in [0, 0.05) is 18.8 Å². The number of nitrogens with zero attached hydrogens (tertiary/aromatic N) is 2. The minimum atomic E-state index is -2.96. The van der Waals surface area contributed by atoms with Crippen molar-refractivity contribution in [2.24, 2.45) is 0 Å². The maximum atomic E-state index is 12.4. The molecule has 0 saturated carbocycles. The Hall–Kier alpha value is -2.12. The SMILES string of the molecule is COc1cccc(OC)c1C1CCCN1Cc1cnc(OC(F)F)c(Cl)c1. The first kappa shape index (κ1) is 19.6. The molecule has 0 N–H and O–H groups in total. The summed E-state index contributed by atoms with van der Waals surface area (Å²) >= 11 is 6.03. The number of rotatable bonds is 7. The molecular formula is C19H21ClF2N2O3. The van der Waals surface area contributed by atoms with Crippen LogP contribution in [-0.4, -0.2) is 37.3 Å². The van der Waals surface area contributed by atoms with Crippen LogP contribution >= 0.6 is 11.6 Å². The summed E-state index contributed by atoms with van der Waals surface area (Å²) in [5.74, 6) is 1.30. The summed E-state index contributed by atoms with van der Waals surface area (Å²) in [6.07, 6.45) is 3.50. The molecule has 1 saturated heterocycles. The van der Waals surface area contributed by atoms with E-state index in [1.165, 1.54) is 6.20 Å². The van der Waals surface area contributed by atoms with Crippen molar-refractivity contribution in [3.05, 3.63) is 46.6 Å². The van der Waals surface area contributed by atoms with Crippen LogP contribution in [0.3, 0.4) is 0 Å². The first-order valence-corrected chi connectivity index (χ1v) is 8.95. The van der Waals surface area contributed by atoms with E-state index in [4.69, 9.17) is 21.1 Å². The molecule has 1 unspecified atom stereocenters. The highest BCUT2D eigenvalue weighted by Crippen LogP contribution is 2.43. The molecule has 5 nitrogen and oxygen atoms in total. The third kappa shape index (κ3) is 4.42. The van der Waals surface area contributed by atoms with Crippen LogP contribution in [-0.2, 0) is 6.54 Å². The molecule has 8 heteroatoms. The molecule has 1 aromatic carbocycles. The maximum absolute atomic E-state index is 12.4. The van der Waals surface area contributed by atoms with Crippen molar-refractivity contribution in [2.75, 3.05) is 20.8 Å². The third-order valence-electron chi connectivity index (χ3n) is 4.61. The number of hydrogen-bond acceptors (Lipinski definition) is 5. The van der Waals surface area contributed by atoms with Gasteiger partial charge in [-0.05, 0) is 43.1 Å². The minimum Gasteiger partial charge on any atom is -0.496 e. The highest BCUT2D eigenvalue weighted by Gasteiger charge is 2.31. The summed E-state index contributed by atoms with van der Waals surface area (Å²) in [7, 11) is 3.28. The Bertz CT molecular complexity index is 769. The van der Waals surface area contributed by atoms with Gasteiger partial charge < -0.3 is 14.2 Å². The molecule has 146 valence electrons. The molecule has 1 aromatic heterocycles. The Morgan fingerprint density at radius 1 is 1.26 bits per heavy atom. The fourth-order valence-electron chi connectivity index (χ4n) is 3.51. The molecule has 1 atom stereocenters. The van der Waals surface area contributed by atoms with E-state index >= 15 is 0 Å². The van der Waals surface area contributed by atoms with E-state index in [-0.39, 0.29) is 16.9 Å². The van der Waals surface area contributed by atoms with Crippen LogP contribution in [0, 0.1) is 0 Å². The number of halogens is 3. The molecule has 1 fully saturated rings. The molecule has 2 heterocycles. The number of ether oxygens (including phenoxy) is 3. The minimum absolute atomic E-state index is 0.0680. The zero-order valence-electron chi connectivity index (χ0n) is 15.1. The van der Waals surface area contributed by atoms with Crippen molar-refractivity contribution in [2.45, 2.75) is 32.0 Å². The van der Waals surface area contributed by atoms with E-state index in [0.717, 1.165) is 42.0 Å². The number of benzene rings is 1. The summed E-state index contributed by atoms with van der Waals surface area (Å²) in [4.78, 5) is 6.19. The number of hydrogen-bond donors (Lipinski definition) is 0. The van der Waals surface area contributed by atoms with E-state index in [1.807, 2.05) is 18.2 Å². The van der Waals surface area contributed by atoms with Crippen molar-refractivity contribution >= 4 is 11.6 Å². The predicted molar refractivity (Wildman–Crippen MR) is 97.8 cm³/mol. The van der Waals surface area contributed by atoms with E-state index in [1.54, 1.807) is 20.3 Å². The second-order valence-electron chi connectivity index (χ2n) is 6.21. The lowest BCUT2D eigenvalue weighted by Crippen LogP contribution is -2.23. The molecule has 0 radical (unpaired) electrons. The first-order valence-electron chi connectivity index (χ1n) is 8.57. The van der Waals surface area contributed by atoms with Crippen LogP contribution in [0.15, 0.2) is 30.5 Å². The second-order valence-corrected chi connectivity index (χ2v) is 6.62. The summed E-state index contributed by atoms with van der Waals surface area (Å²) in [6, 6.07) is 7.46. The number of methoxy groups -OCH3 is 2. The molecule has 3 rings (SSSR count). The van der Waals surface area contributed by atoms with Crippen LogP contribution in [0.4, 0.5) is 8.78 Å². The zero-order valence-corrected chi connectivity index (χ0v) is 15.9. The van der Waals surface area contributed by atoms with Crippen molar-refractivity contribution in [3.8, 4) is 17.4 Å². The van der Waals surface area contributed by atoms with Gasteiger partial charge in [-0.2, -0.15) is 8.78 Å². The van der Waals surface area contributed by atoms with Gasteiger partial charge in [-0.3, -0.25) is 4.90 Å². The van der Waals surface area contributed by atoms with Gasteiger partial charge in [-0.1, -0.05) is 17.7 Å². The fourth-order valence-corrected chi connectivity index (χ4v) is 3.74. The van der Waals surface area contributed by atoms with Crippen LogP contribution in [0.1, 0.15) is 30.0 Å². The molecule has 1 aliphatic heterocycles. The van der Waals surface area contributed by atoms with Crippen molar-refractivity contribution < 1.29 is 23.0 Å². The molecule has 0 amide bonds. The summed E-state index contributed by atoms with van der Waals surface area (Å²) in [6.45, 7) is -1.49. The van der Waals surface area contributed by atoms with Crippen molar-refractivity contribution in [3.63, 3.8) is 0 Å². The summed E-state index contributed by atoms with van der Waals surface area (Å²) in [5, 5.41) is 0.0680. The zero-order chi connectivity index (χ0) is 19.4. The topological polar surface area (TPSA) is 43.8 Å². The first-order chi connectivity index (χ1) is 13.0. The Morgan fingerprint density at radius 3 is 2.56 bits per heavy atom. The predicted octanol–water partition coefficient (Wildman–Crippen LogP) is 4.69. The monoisotopic (exact) mass is 398 g/mol. The Morgan fingerprint density at radius 2 is 1.96 bits per heavy atom. The molecule has 2 aromatic rings. The number of alkyl halides is 2. The van der Waals surface area contributed by atoms with Gasteiger partial charge in [0.25, 0.3) is 0 Å². The van der Waals surface area contributed by atoms with Gasteiger partial charge in [0.1, 0.15) is 16.5 Å². The lowest BCUT2D eigenvalue weighted by atomic mass is 10.0. The number of pyridine rings is 1. The maximum Gasteiger partial charge on any atom is 0.388 e. The Labute approximate surface area is 161 Å². The highest BCUT2D eigenvalue weighted by molar-refractivity contribution is 6.31. The summed E-state index contributed by atoms with van der Waals surface area (Å²) < 4.78 is 40.1. The fraction of sp³-hybridized carbons (Fsp3) is 0.421. The van der Waals surface area contributed by atoms with E-state index in [9.17, 15) is 8.78 Å². The van der Waals surface area contributed by atoms with Crippen LogP contribution < -0.4 is 14.2 Å². The molecule has 0 aliphatic carbocycles. The Balaban J connectivity index is 1.83. The average Bonchev–Trinajstić information content (AvgIpc) is 3.10.